The van der Waals surface area contributed by atoms with Gasteiger partial charge in [0.2, 0.25) is 11.8 Å². The van der Waals surface area contributed by atoms with Gasteiger partial charge in [0.15, 0.2) is 0 Å². The van der Waals surface area contributed by atoms with Gasteiger partial charge in [0, 0.05) is 30.3 Å². The topological polar surface area (TPSA) is 113 Å². The van der Waals surface area contributed by atoms with E-state index in [0.717, 1.165) is 12.8 Å². The second kappa shape index (κ2) is 7.75. The lowest BCUT2D eigenvalue weighted by Crippen LogP contribution is -2.31. The van der Waals surface area contributed by atoms with Gasteiger partial charge in [0.05, 0.1) is 10.9 Å². The van der Waals surface area contributed by atoms with Crippen LogP contribution in [0.3, 0.4) is 0 Å². The maximum absolute atomic E-state index is 12.3. The number of aromatic nitrogens is 2. The summed E-state index contributed by atoms with van der Waals surface area (Å²) in [6, 6.07) is 13.7. The quantitative estimate of drug-likeness (QED) is 0.596. The van der Waals surface area contributed by atoms with E-state index in [0.29, 0.717) is 22.3 Å². The fourth-order valence-corrected chi connectivity index (χ4v) is 3.13. The summed E-state index contributed by atoms with van der Waals surface area (Å²) in [5.41, 5.74) is 0.784. The van der Waals surface area contributed by atoms with Crippen molar-refractivity contribution in [1.82, 2.24) is 9.55 Å². The summed E-state index contributed by atoms with van der Waals surface area (Å²) >= 11 is 0. The van der Waals surface area contributed by atoms with Crippen molar-refractivity contribution < 1.29 is 9.59 Å². The molecule has 2 amide bonds. The second-order valence-electron chi connectivity index (χ2n) is 7.07. The highest BCUT2D eigenvalue weighted by Crippen LogP contribution is 2.30. The van der Waals surface area contributed by atoms with Crippen LogP contribution in [0.2, 0.25) is 0 Å². The molecule has 0 unspecified atom stereocenters. The molecular weight excluding hydrogens is 372 g/mol. The Morgan fingerprint density at radius 1 is 0.966 bits per heavy atom. The number of H-pyrrole nitrogens is 1. The van der Waals surface area contributed by atoms with Crippen molar-refractivity contribution >= 4 is 34.1 Å². The van der Waals surface area contributed by atoms with E-state index in [-0.39, 0.29) is 30.7 Å². The zero-order valence-corrected chi connectivity index (χ0v) is 15.6. The number of amides is 2. The van der Waals surface area contributed by atoms with Crippen molar-refractivity contribution in [2.75, 3.05) is 10.6 Å². The maximum Gasteiger partial charge on any atom is 0.328 e. The highest BCUT2D eigenvalue weighted by Gasteiger charge is 2.29. The third kappa shape index (κ3) is 4.26. The third-order valence-corrected chi connectivity index (χ3v) is 4.85. The molecule has 0 atom stereocenters. The van der Waals surface area contributed by atoms with Gasteiger partial charge in [0.25, 0.3) is 5.56 Å². The number of fused-ring (bicyclic) bond motifs is 1. The molecule has 0 spiro atoms. The number of hydrogen-bond acceptors (Lipinski definition) is 4. The van der Waals surface area contributed by atoms with E-state index in [4.69, 9.17) is 0 Å². The zero-order valence-electron chi connectivity index (χ0n) is 15.6. The van der Waals surface area contributed by atoms with Crippen LogP contribution in [0.15, 0.2) is 58.1 Å². The van der Waals surface area contributed by atoms with Crippen LogP contribution in [0.1, 0.15) is 19.3 Å². The lowest BCUT2D eigenvalue weighted by Gasteiger charge is -2.10. The van der Waals surface area contributed by atoms with Crippen molar-refractivity contribution in [3.8, 4) is 0 Å². The monoisotopic (exact) mass is 392 g/mol. The van der Waals surface area contributed by atoms with Gasteiger partial charge in [-0.3, -0.25) is 23.9 Å². The smallest absolute Gasteiger partial charge is 0.326 e. The first-order valence-electron chi connectivity index (χ1n) is 9.44. The summed E-state index contributed by atoms with van der Waals surface area (Å²) < 4.78 is 1.38. The summed E-state index contributed by atoms with van der Waals surface area (Å²) in [6.45, 7) is 0.136. The molecule has 29 heavy (non-hydrogen) atoms. The molecule has 1 aromatic heterocycles. The number of carbonyl (C=O) groups excluding carboxylic acids is 2. The van der Waals surface area contributed by atoms with Gasteiger partial charge >= 0.3 is 5.69 Å². The molecule has 1 heterocycles. The molecule has 2 aromatic carbocycles. The molecule has 0 radical (unpaired) electrons. The van der Waals surface area contributed by atoms with Crippen LogP contribution in [0.4, 0.5) is 11.4 Å². The van der Waals surface area contributed by atoms with E-state index < -0.39 is 11.2 Å². The fraction of sp³-hybridized carbons (Fsp3) is 0.238. The minimum absolute atomic E-state index is 0.0281. The number of aromatic amines is 1. The van der Waals surface area contributed by atoms with Gasteiger partial charge in [-0.05, 0) is 49.2 Å². The maximum atomic E-state index is 12.3. The number of anilines is 2. The van der Waals surface area contributed by atoms with Crippen LogP contribution >= 0.6 is 0 Å². The highest BCUT2D eigenvalue weighted by atomic mass is 16.2. The molecule has 8 heteroatoms. The average molecular weight is 392 g/mol. The highest BCUT2D eigenvalue weighted by molar-refractivity contribution is 5.95. The van der Waals surface area contributed by atoms with Crippen molar-refractivity contribution in [3.05, 3.63) is 69.4 Å². The minimum atomic E-state index is -0.544. The van der Waals surface area contributed by atoms with Crippen LogP contribution in [-0.4, -0.2) is 21.4 Å². The normalized spacial score (nSPS) is 13.2. The number of para-hydroxylation sites is 1. The summed E-state index contributed by atoms with van der Waals surface area (Å²) in [6.07, 6.45) is 1.94. The van der Waals surface area contributed by atoms with Gasteiger partial charge in [-0.1, -0.05) is 12.1 Å². The van der Waals surface area contributed by atoms with Crippen molar-refractivity contribution in [1.29, 1.82) is 0 Å². The second-order valence-corrected chi connectivity index (χ2v) is 7.07. The number of aryl methyl sites for hydroxylation is 1. The van der Waals surface area contributed by atoms with E-state index in [1.54, 1.807) is 48.5 Å². The SMILES string of the molecule is O=C(CCn1c(=O)[nH]c(=O)c2ccccc21)Nc1ccc(NC(=O)C2CC2)cc1. The number of nitrogens with zero attached hydrogens (tertiary/aromatic N) is 1. The fourth-order valence-electron chi connectivity index (χ4n) is 3.13. The number of nitrogens with one attached hydrogen (secondary N) is 3. The number of hydrogen-bond donors (Lipinski definition) is 3. The van der Waals surface area contributed by atoms with Crippen molar-refractivity contribution in [2.24, 2.45) is 5.92 Å². The number of benzene rings is 2. The Hall–Kier alpha value is -3.68. The molecule has 1 aliphatic carbocycles. The van der Waals surface area contributed by atoms with Gasteiger partial charge in [-0.15, -0.1) is 0 Å². The Morgan fingerprint density at radius 3 is 2.31 bits per heavy atom. The van der Waals surface area contributed by atoms with Gasteiger partial charge < -0.3 is 10.6 Å². The van der Waals surface area contributed by atoms with E-state index in [1.165, 1.54) is 4.57 Å². The minimum Gasteiger partial charge on any atom is -0.326 e. The molecule has 0 aliphatic heterocycles. The first-order chi connectivity index (χ1) is 14.0. The van der Waals surface area contributed by atoms with Crippen molar-refractivity contribution in [3.63, 3.8) is 0 Å². The molecule has 4 rings (SSSR count). The van der Waals surface area contributed by atoms with Gasteiger partial charge in [-0.25, -0.2) is 4.79 Å². The predicted molar refractivity (Wildman–Crippen MR) is 110 cm³/mol. The number of carbonyl (C=O) groups is 2. The van der Waals surface area contributed by atoms with Crippen LogP contribution in [-0.2, 0) is 16.1 Å². The molecule has 1 aliphatic rings. The molecule has 1 saturated carbocycles. The molecule has 148 valence electrons. The Morgan fingerprint density at radius 2 is 1.62 bits per heavy atom. The number of rotatable bonds is 6. The Balaban J connectivity index is 1.39. The largest absolute Gasteiger partial charge is 0.328 e. The van der Waals surface area contributed by atoms with Gasteiger partial charge in [0.1, 0.15) is 0 Å². The molecule has 0 saturated heterocycles. The van der Waals surface area contributed by atoms with Crippen molar-refractivity contribution in [2.45, 2.75) is 25.8 Å². The molecule has 3 aromatic rings. The zero-order chi connectivity index (χ0) is 20.4. The van der Waals surface area contributed by atoms with Gasteiger partial charge in [-0.2, -0.15) is 0 Å². The van der Waals surface area contributed by atoms with E-state index in [1.807, 2.05) is 0 Å². The van der Waals surface area contributed by atoms with Crippen LogP contribution in [0.25, 0.3) is 10.9 Å². The standard InChI is InChI=1S/C21H20N4O4/c26-18(22-14-7-9-15(10-8-14)23-19(27)13-5-6-13)11-12-25-17-4-2-1-3-16(17)20(28)24-21(25)29/h1-4,7-10,13H,5-6,11-12H2,(H,22,26)(H,23,27)(H,24,28,29). The Kier molecular flexibility index (Phi) is 4.99. The summed E-state index contributed by atoms with van der Waals surface area (Å²) in [7, 11) is 0. The summed E-state index contributed by atoms with van der Waals surface area (Å²) in [5.74, 6) is -0.107. The van der Waals surface area contributed by atoms with Crippen LogP contribution in [0.5, 0.6) is 0 Å². The molecule has 8 nitrogen and oxygen atoms in total. The first-order valence-corrected chi connectivity index (χ1v) is 9.44. The summed E-state index contributed by atoms with van der Waals surface area (Å²) in [5, 5.41) is 6.01. The lowest BCUT2D eigenvalue weighted by molar-refractivity contribution is -0.117. The first kappa shape index (κ1) is 18.7. The van der Waals surface area contributed by atoms with E-state index in [2.05, 4.69) is 15.6 Å². The molecule has 3 N–H and O–H groups in total. The van der Waals surface area contributed by atoms with E-state index in [9.17, 15) is 19.2 Å². The molecule has 1 fully saturated rings. The predicted octanol–water partition coefficient (Wildman–Crippen LogP) is 2.07. The third-order valence-electron chi connectivity index (χ3n) is 4.85. The average Bonchev–Trinajstić information content (AvgIpc) is 3.55. The molecular formula is C21H20N4O4. The Bertz CT molecular complexity index is 1190. The Labute approximate surface area is 165 Å². The lowest BCUT2D eigenvalue weighted by atomic mass is 10.2. The summed E-state index contributed by atoms with van der Waals surface area (Å²) in [4.78, 5) is 50.4. The van der Waals surface area contributed by atoms with E-state index >= 15 is 0 Å². The van der Waals surface area contributed by atoms with Crippen LogP contribution < -0.4 is 21.9 Å². The van der Waals surface area contributed by atoms with Crippen LogP contribution in [0, 0.1) is 5.92 Å². The molecule has 0 bridgehead atoms.